The molecule has 2 atom stereocenters. The molecule has 1 amide bonds. The number of hydrogen-bond donors (Lipinski definition) is 2. The maximum Gasteiger partial charge on any atom is 0.255 e. The van der Waals surface area contributed by atoms with Crippen LogP contribution in [0, 0.1) is 5.92 Å². The number of nitrogens with one attached hydrogen (secondary N) is 1. The fourth-order valence-electron chi connectivity index (χ4n) is 2.91. The number of carbonyl (C=O) groups excluding carboxylic acids is 1. The van der Waals surface area contributed by atoms with E-state index in [1.54, 1.807) is 0 Å². The summed E-state index contributed by atoms with van der Waals surface area (Å²) in [5, 5.41) is 3.96. The molecule has 2 unspecified atom stereocenters. The number of furan rings is 1. The van der Waals surface area contributed by atoms with Crippen molar-refractivity contribution < 1.29 is 9.21 Å². The molecule has 0 radical (unpaired) electrons. The summed E-state index contributed by atoms with van der Waals surface area (Å²) < 4.78 is 5.40. The smallest absolute Gasteiger partial charge is 0.255 e. The first kappa shape index (κ1) is 14.9. The summed E-state index contributed by atoms with van der Waals surface area (Å²) in [5.74, 6) is 0.345. The van der Waals surface area contributed by atoms with Crippen LogP contribution >= 0.6 is 12.4 Å². The van der Waals surface area contributed by atoms with E-state index in [9.17, 15) is 4.79 Å². The zero-order chi connectivity index (χ0) is 13.2. The largest absolute Gasteiger partial charge is 0.463 e. The third-order valence-corrected chi connectivity index (χ3v) is 4.00. The molecule has 0 spiro atoms. The highest BCUT2D eigenvalue weighted by Gasteiger charge is 2.28. The van der Waals surface area contributed by atoms with Crippen LogP contribution < -0.4 is 11.1 Å². The summed E-state index contributed by atoms with van der Waals surface area (Å²) in [6.45, 7) is 0.636. The van der Waals surface area contributed by atoms with Gasteiger partial charge in [0, 0.05) is 11.4 Å². The molecule has 1 aliphatic carbocycles. The van der Waals surface area contributed by atoms with E-state index in [1.165, 1.54) is 6.26 Å². The number of carbonyl (C=O) groups is 1. The number of fused-ring (bicyclic) bond motifs is 1. The van der Waals surface area contributed by atoms with Gasteiger partial charge in [0.2, 0.25) is 0 Å². The fourth-order valence-corrected chi connectivity index (χ4v) is 2.91. The Morgan fingerprint density at radius 2 is 2.15 bits per heavy atom. The predicted molar refractivity (Wildman–Crippen MR) is 81.1 cm³/mol. The second-order valence-electron chi connectivity index (χ2n) is 5.15. The Morgan fingerprint density at radius 3 is 2.95 bits per heavy atom. The topological polar surface area (TPSA) is 68.3 Å². The van der Waals surface area contributed by atoms with Crippen LogP contribution in [0.15, 0.2) is 34.9 Å². The number of benzene rings is 1. The average molecular weight is 295 g/mol. The molecule has 20 heavy (non-hydrogen) atoms. The number of amides is 1. The van der Waals surface area contributed by atoms with Crippen molar-refractivity contribution >= 4 is 29.3 Å². The van der Waals surface area contributed by atoms with Crippen LogP contribution in [0.1, 0.15) is 29.6 Å². The number of hydrogen-bond acceptors (Lipinski definition) is 3. The molecule has 3 rings (SSSR count). The van der Waals surface area contributed by atoms with Crippen LogP contribution in [-0.4, -0.2) is 18.5 Å². The van der Waals surface area contributed by atoms with E-state index in [1.807, 2.05) is 24.3 Å². The highest BCUT2D eigenvalue weighted by molar-refractivity contribution is 6.06. The summed E-state index contributed by atoms with van der Waals surface area (Å²) in [6, 6.07) is 7.78. The van der Waals surface area contributed by atoms with Crippen LogP contribution in [0.3, 0.4) is 0 Å². The van der Waals surface area contributed by atoms with Gasteiger partial charge in [-0.1, -0.05) is 24.6 Å². The predicted octanol–water partition coefficient (Wildman–Crippen LogP) is 2.71. The van der Waals surface area contributed by atoms with Crippen molar-refractivity contribution in [2.24, 2.45) is 11.7 Å². The zero-order valence-corrected chi connectivity index (χ0v) is 12.0. The molecule has 108 valence electrons. The van der Waals surface area contributed by atoms with Crippen molar-refractivity contribution in [3.8, 4) is 0 Å². The fraction of sp³-hybridized carbons (Fsp3) is 0.400. The molecule has 1 aliphatic rings. The van der Waals surface area contributed by atoms with Crippen molar-refractivity contribution in [3.05, 3.63) is 36.1 Å². The molecule has 1 saturated carbocycles. The number of halogens is 1. The second-order valence-corrected chi connectivity index (χ2v) is 5.15. The van der Waals surface area contributed by atoms with Crippen LogP contribution in [0.4, 0.5) is 0 Å². The first-order valence-corrected chi connectivity index (χ1v) is 6.76. The average Bonchev–Trinajstić information content (AvgIpc) is 3.04. The summed E-state index contributed by atoms with van der Waals surface area (Å²) in [5.41, 5.74) is 7.09. The lowest BCUT2D eigenvalue weighted by Gasteiger charge is -2.19. The van der Waals surface area contributed by atoms with Crippen molar-refractivity contribution in [2.45, 2.75) is 25.3 Å². The minimum absolute atomic E-state index is 0. The van der Waals surface area contributed by atoms with Crippen LogP contribution in [0.25, 0.3) is 11.0 Å². The third-order valence-electron chi connectivity index (χ3n) is 4.00. The van der Waals surface area contributed by atoms with Crippen molar-refractivity contribution in [1.82, 2.24) is 5.32 Å². The standard InChI is InChI=1S/C15H18N2O2.ClH/c16-8-10-4-3-6-13(10)17-15(18)12-9-19-14-7-2-1-5-11(12)14;/h1-2,5,7,9-10,13H,3-4,6,8,16H2,(H,17,18);1H. The third kappa shape index (κ3) is 2.67. The van der Waals surface area contributed by atoms with Gasteiger partial charge in [0.1, 0.15) is 11.8 Å². The van der Waals surface area contributed by atoms with E-state index in [0.717, 1.165) is 30.2 Å². The molecule has 3 N–H and O–H groups in total. The van der Waals surface area contributed by atoms with Gasteiger partial charge < -0.3 is 15.5 Å². The number of nitrogens with two attached hydrogens (primary N) is 1. The first-order valence-electron chi connectivity index (χ1n) is 6.76. The maximum atomic E-state index is 12.3. The van der Waals surface area contributed by atoms with Crippen LogP contribution in [0.5, 0.6) is 0 Å². The van der Waals surface area contributed by atoms with Crippen molar-refractivity contribution in [1.29, 1.82) is 0 Å². The Kier molecular flexibility index (Phi) is 4.68. The minimum atomic E-state index is -0.0599. The Hall–Kier alpha value is -1.52. The lowest BCUT2D eigenvalue weighted by Crippen LogP contribution is -2.39. The molecule has 0 bridgehead atoms. The summed E-state index contributed by atoms with van der Waals surface area (Å²) in [6.07, 6.45) is 4.79. The molecule has 0 aliphatic heterocycles. The highest BCUT2D eigenvalue weighted by atomic mass is 35.5. The Balaban J connectivity index is 0.00000147. The van der Waals surface area contributed by atoms with Gasteiger partial charge in [-0.3, -0.25) is 4.79 Å². The molecule has 1 aromatic heterocycles. The van der Waals surface area contributed by atoms with Gasteiger partial charge in [0.05, 0.1) is 5.56 Å². The molecule has 1 fully saturated rings. The number of rotatable bonds is 3. The molecular weight excluding hydrogens is 276 g/mol. The monoisotopic (exact) mass is 294 g/mol. The summed E-state index contributed by atoms with van der Waals surface area (Å²) in [7, 11) is 0. The molecule has 2 aromatic rings. The second kappa shape index (κ2) is 6.29. The Labute approximate surface area is 124 Å². The van der Waals surface area contributed by atoms with Gasteiger partial charge in [-0.2, -0.15) is 0 Å². The lowest BCUT2D eigenvalue weighted by molar-refractivity contribution is 0.0929. The van der Waals surface area contributed by atoms with Crippen LogP contribution in [-0.2, 0) is 0 Å². The Bertz CT molecular complexity index is 596. The van der Waals surface area contributed by atoms with E-state index >= 15 is 0 Å². The molecule has 1 aromatic carbocycles. The molecule has 5 heteroatoms. The summed E-state index contributed by atoms with van der Waals surface area (Å²) >= 11 is 0. The van der Waals surface area contributed by atoms with Gasteiger partial charge in [-0.25, -0.2) is 0 Å². The molecular formula is C15H19ClN2O2. The van der Waals surface area contributed by atoms with Crippen molar-refractivity contribution in [3.63, 3.8) is 0 Å². The van der Waals surface area contributed by atoms with E-state index < -0.39 is 0 Å². The lowest BCUT2D eigenvalue weighted by atomic mass is 10.0. The van der Waals surface area contributed by atoms with E-state index in [4.69, 9.17) is 10.2 Å². The number of para-hydroxylation sites is 1. The molecule has 1 heterocycles. The van der Waals surface area contributed by atoms with Gasteiger partial charge in [0.15, 0.2) is 0 Å². The highest BCUT2D eigenvalue weighted by Crippen LogP contribution is 2.26. The first-order chi connectivity index (χ1) is 9.29. The SMILES string of the molecule is Cl.NCC1CCCC1NC(=O)c1coc2ccccc12. The van der Waals surface area contributed by atoms with Gasteiger partial charge >= 0.3 is 0 Å². The van der Waals surface area contributed by atoms with Gasteiger partial charge in [0.25, 0.3) is 5.91 Å². The molecule has 0 saturated heterocycles. The quantitative estimate of drug-likeness (QED) is 0.914. The maximum absolute atomic E-state index is 12.3. The minimum Gasteiger partial charge on any atom is -0.463 e. The van der Waals surface area contributed by atoms with Crippen LogP contribution in [0.2, 0.25) is 0 Å². The Morgan fingerprint density at radius 1 is 1.35 bits per heavy atom. The molecule has 4 nitrogen and oxygen atoms in total. The zero-order valence-electron chi connectivity index (χ0n) is 11.2. The van der Waals surface area contributed by atoms with E-state index in [0.29, 0.717) is 18.0 Å². The normalized spacial score (nSPS) is 21.6. The van der Waals surface area contributed by atoms with E-state index in [2.05, 4.69) is 5.32 Å². The summed E-state index contributed by atoms with van der Waals surface area (Å²) in [4.78, 5) is 12.3. The van der Waals surface area contributed by atoms with Gasteiger partial charge in [-0.05, 0) is 31.4 Å². The van der Waals surface area contributed by atoms with Gasteiger partial charge in [-0.15, -0.1) is 12.4 Å². The van der Waals surface area contributed by atoms with E-state index in [-0.39, 0.29) is 24.4 Å². The van der Waals surface area contributed by atoms with Crippen molar-refractivity contribution in [2.75, 3.05) is 6.54 Å².